The lowest BCUT2D eigenvalue weighted by Gasteiger charge is -2.24. The lowest BCUT2D eigenvalue weighted by atomic mass is 10.3. The third-order valence-corrected chi connectivity index (χ3v) is 4.77. The van der Waals surface area contributed by atoms with Gasteiger partial charge in [0.2, 0.25) is 5.95 Å². The first-order chi connectivity index (χ1) is 14.5. The van der Waals surface area contributed by atoms with Crippen LogP contribution in [-0.2, 0) is 4.74 Å². The quantitative estimate of drug-likeness (QED) is 0.538. The molecular weight excluding hydrogens is 425 g/mol. The Morgan fingerprint density at radius 3 is 2.60 bits per heavy atom. The minimum Gasteiger partial charge on any atom is -0.383 e. The Morgan fingerprint density at radius 2 is 1.90 bits per heavy atom. The van der Waals surface area contributed by atoms with Crippen LogP contribution in [0.1, 0.15) is 0 Å². The fraction of sp³-hybridized carbons (Fsp3) is 0.190. The standard InChI is InChI=1S/C21H21Cl2N5O2/c1-27(12-13-30-2)20-24-11-10-19(26-20)28(16-6-4-3-5-7-16)21(29)25-18-9-8-15(22)14-17(18)23/h3-11,14H,12-13H2,1-2H3,(H,25,29). The predicted octanol–water partition coefficient (Wildman–Crippen LogP) is 5.24. The summed E-state index contributed by atoms with van der Waals surface area (Å²) < 4.78 is 5.11. The second-order valence-electron chi connectivity index (χ2n) is 6.35. The van der Waals surface area contributed by atoms with Gasteiger partial charge in [-0.2, -0.15) is 4.98 Å². The second kappa shape index (κ2) is 10.2. The van der Waals surface area contributed by atoms with E-state index in [0.29, 0.717) is 46.3 Å². The van der Waals surface area contributed by atoms with Crippen molar-refractivity contribution in [2.24, 2.45) is 0 Å². The van der Waals surface area contributed by atoms with Crippen LogP contribution in [0.2, 0.25) is 10.0 Å². The topological polar surface area (TPSA) is 70.6 Å². The number of para-hydroxylation sites is 1. The van der Waals surface area contributed by atoms with E-state index >= 15 is 0 Å². The number of hydrogen-bond acceptors (Lipinski definition) is 5. The minimum atomic E-state index is -0.422. The normalized spacial score (nSPS) is 10.5. The zero-order valence-electron chi connectivity index (χ0n) is 16.5. The maximum atomic E-state index is 13.2. The summed E-state index contributed by atoms with van der Waals surface area (Å²) in [5.74, 6) is 0.890. The molecular formula is C21H21Cl2N5O2. The number of carbonyl (C=O) groups is 1. The number of methoxy groups -OCH3 is 1. The number of aromatic nitrogens is 2. The van der Waals surface area contributed by atoms with Crippen molar-refractivity contribution < 1.29 is 9.53 Å². The molecule has 0 saturated heterocycles. The molecule has 0 aliphatic heterocycles. The van der Waals surface area contributed by atoms with Crippen LogP contribution >= 0.6 is 23.2 Å². The van der Waals surface area contributed by atoms with Crippen molar-refractivity contribution in [3.63, 3.8) is 0 Å². The number of amides is 2. The summed E-state index contributed by atoms with van der Waals surface area (Å²) in [6.45, 7) is 1.14. The first-order valence-corrected chi connectivity index (χ1v) is 9.89. The summed E-state index contributed by atoms with van der Waals surface area (Å²) in [6.07, 6.45) is 1.61. The summed E-state index contributed by atoms with van der Waals surface area (Å²) in [5, 5.41) is 3.64. The summed E-state index contributed by atoms with van der Waals surface area (Å²) in [4.78, 5) is 25.4. The molecule has 3 rings (SSSR count). The van der Waals surface area contributed by atoms with Gasteiger partial charge in [-0.25, -0.2) is 14.7 Å². The van der Waals surface area contributed by atoms with Crippen molar-refractivity contribution in [1.82, 2.24) is 9.97 Å². The Bertz CT molecular complexity index is 1000. The Hall–Kier alpha value is -2.87. The fourth-order valence-electron chi connectivity index (χ4n) is 2.67. The molecule has 9 heteroatoms. The molecule has 0 atom stereocenters. The van der Waals surface area contributed by atoms with Crippen LogP contribution in [0.25, 0.3) is 0 Å². The largest absolute Gasteiger partial charge is 0.383 e. The van der Waals surface area contributed by atoms with Crippen LogP contribution in [0, 0.1) is 0 Å². The summed E-state index contributed by atoms with van der Waals surface area (Å²) in [7, 11) is 3.49. The fourth-order valence-corrected chi connectivity index (χ4v) is 3.12. The van der Waals surface area contributed by atoms with Crippen molar-refractivity contribution in [2.75, 3.05) is 42.4 Å². The number of urea groups is 1. The number of carbonyl (C=O) groups excluding carboxylic acids is 1. The Labute approximate surface area is 185 Å². The molecule has 0 fully saturated rings. The number of nitrogens with zero attached hydrogens (tertiary/aromatic N) is 4. The number of rotatable bonds is 7. The molecule has 2 amide bonds. The van der Waals surface area contributed by atoms with E-state index in [1.54, 1.807) is 37.6 Å². The number of anilines is 4. The van der Waals surface area contributed by atoms with Crippen molar-refractivity contribution in [3.8, 4) is 0 Å². The molecule has 0 radical (unpaired) electrons. The molecule has 1 aromatic heterocycles. The number of halogens is 2. The number of hydrogen-bond donors (Lipinski definition) is 1. The van der Waals surface area contributed by atoms with Gasteiger partial charge in [-0.05, 0) is 30.3 Å². The minimum absolute atomic E-state index is 0.339. The molecule has 7 nitrogen and oxygen atoms in total. The van der Waals surface area contributed by atoms with E-state index in [9.17, 15) is 4.79 Å². The van der Waals surface area contributed by atoms with Crippen LogP contribution in [0.3, 0.4) is 0 Å². The first-order valence-electron chi connectivity index (χ1n) is 9.14. The van der Waals surface area contributed by atoms with Crippen LogP contribution in [-0.4, -0.2) is 43.3 Å². The number of benzene rings is 2. The third kappa shape index (κ3) is 5.38. The highest BCUT2D eigenvalue weighted by Gasteiger charge is 2.21. The van der Waals surface area contributed by atoms with Gasteiger partial charge >= 0.3 is 6.03 Å². The van der Waals surface area contributed by atoms with E-state index in [1.165, 1.54) is 4.90 Å². The van der Waals surface area contributed by atoms with E-state index in [2.05, 4.69) is 15.3 Å². The third-order valence-electron chi connectivity index (χ3n) is 4.22. The highest BCUT2D eigenvalue weighted by molar-refractivity contribution is 6.36. The van der Waals surface area contributed by atoms with Crippen LogP contribution < -0.4 is 15.1 Å². The van der Waals surface area contributed by atoms with Gasteiger partial charge in [-0.15, -0.1) is 0 Å². The summed E-state index contributed by atoms with van der Waals surface area (Å²) >= 11 is 12.2. The molecule has 1 heterocycles. The second-order valence-corrected chi connectivity index (χ2v) is 7.20. The van der Waals surface area contributed by atoms with Crippen molar-refractivity contribution in [2.45, 2.75) is 0 Å². The lowest BCUT2D eigenvalue weighted by Crippen LogP contribution is -2.32. The molecule has 2 aromatic carbocycles. The van der Waals surface area contributed by atoms with Crippen molar-refractivity contribution >= 4 is 52.4 Å². The van der Waals surface area contributed by atoms with E-state index < -0.39 is 6.03 Å². The first kappa shape index (κ1) is 21.8. The smallest absolute Gasteiger partial charge is 0.332 e. The van der Waals surface area contributed by atoms with Gasteiger partial charge in [-0.1, -0.05) is 41.4 Å². The summed E-state index contributed by atoms with van der Waals surface area (Å²) in [6, 6.07) is 15.3. The molecule has 156 valence electrons. The van der Waals surface area contributed by atoms with Crippen molar-refractivity contribution in [1.29, 1.82) is 0 Å². The molecule has 0 spiro atoms. The average molecular weight is 446 g/mol. The molecule has 30 heavy (non-hydrogen) atoms. The average Bonchev–Trinajstić information content (AvgIpc) is 2.75. The van der Waals surface area contributed by atoms with E-state index in [-0.39, 0.29) is 0 Å². The van der Waals surface area contributed by atoms with Gasteiger partial charge in [0.25, 0.3) is 0 Å². The molecule has 3 aromatic rings. The zero-order chi connectivity index (χ0) is 21.5. The molecule has 0 unspecified atom stereocenters. The van der Waals surface area contributed by atoms with Gasteiger partial charge in [0.15, 0.2) is 0 Å². The number of ether oxygens (including phenoxy) is 1. The van der Waals surface area contributed by atoms with E-state index in [1.807, 2.05) is 42.3 Å². The molecule has 0 bridgehead atoms. The number of nitrogens with one attached hydrogen (secondary N) is 1. The Balaban J connectivity index is 1.95. The van der Waals surface area contributed by atoms with Crippen LogP contribution in [0.15, 0.2) is 60.8 Å². The maximum absolute atomic E-state index is 13.2. The molecule has 0 aliphatic carbocycles. The van der Waals surface area contributed by atoms with Gasteiger partial charge in [0.1, 0.15) is 5.82 Å². The van der Waals surface area contributed by atoms with Gasteiger partial charge in [0, 0.05) is 38.0 Å². The highest BCUT2D eigenvalue weighted by atomic mass is 35.5. The monoisotopic (exact) mass is 445 g/mol. The van der Waals surface area contributed by atoms with E-state index in [4.69, 9.17) is 27.9 Å². The maximum Gasteiger partial charge on any atom is 0.332 e. The predicted molar refractivity (Wildman–Crippen MR) is 121 cm³/mol. The van der Waals surface area contributed by atoms with Gasteiger partial charge in [-0.3, -0.25) is 0 Å². The van der Waals surface area contributed by atoms with Crippen LogP contribution in [0.4, 0.5) is 27.9 Å². The zero-order valence-corrected chi connectivity index (χ0v) is 18.1. The van der Waals surface area contributed by atoms with Crippen LogP contribution in [0.5, 0.6) is 0 Å². The van der Waals surface area contributed by atoms with E-state index in [0.717, 1.165) is 0 Å². The highest BCUT2D eigenvalue weighted by Crippen LogP contribution is 2.29. The molecule has 1 N–H and O–H groups in total. The molecule has 0 aliphatic rings. The van der Waals surface area contributed by atoms with Crippen molar-refractivity contribution in [3.05, 3.63) is 70.8 Å². The Morgan fingerprint density at radius 1 is 1.13 bits per heavy atom. The summed E-state index contributed by atoms with van der Waals surface area (Å²) in [5.41, 5.74) is 1.09. The SMILES string of the molecule is COCCN(C)c1nccc(N(C(=O)Nc2ccc(Cl)cc2Cl)c2ccccc2)n1. The van der Waals surface area contributed by atoms with Gasteiger partial charge in [0.05, 0.1) is 23.0 Å². The van der Waals surface area contributed by atoms with Gasteiger partial charge < -0.3 is 15.0 Å². The number of likely N-dealkylation sites (N-methyl/N-ethyl adjacent to an activating group) is 1. The lowest BCUT2D eigenvalue weighted by molar-refractivity contribution is 0.206. The Kier molecular flexibility index (Phi) is 7.46. The molecule has 0 saturated carbocycles.